The lowest BCUT2D eigenvalue weighted by Gasteiger charge is -2.39. The fourth-order valence-corrected chi connectivity index (χ4v) is 4.54. The van der Waals surface area contributed by atoms with Gasteiger partial charge in [0.25, 0.3) is 0 Å². The first-order valence-electron chi connectivity index (χ1n) is 9.87. The Kier molecular flexibility index (Phi) is 8.10. The first-order valence-corrected chi connectivity index (χ1v) is 10.7. The average molecular weight is 394 g/mol. The van der Waals surface area contributed by atoms with Crippen molar-refractivity contribution in [2.24, 2.45) is 10.9 Å². The van der Waals surface area contributed by atoms with Crippen molar-refractivity contribution in [2.45, 2.75) is 52.1 Å². The SMILES string of the molecule is CCNC(=NCC(=O)NC(C)(C)C)NCC1CCCN(C)C1c1cccs1. The van der Waals surface area contributed by atoms with Crippen LogP contribution in [0.25, 0.3) is 0 Å². The van der Waals surface area contributed by atoms with Crippen LogP contribution < -0.4 is 16.0 Å². The van der Waals surface area contributed by atoms with Crippen molar-refractivity contribution < 1.29 is 4.79 Å². The third-order valence-corrected chi connectivity index (χ3v) is 5.56. The van der Waals surface area contributed by atoms with Gasteiger partial charge in [0, 0.05) is 29.5 Å². The average Bonchev–Trinajstić information content (AvgIpc) is 3.10. The Morgan fingerprint density at radius 3 is 2.78 bits per heavy atom. The Bertz CT molecular complexity index is 608. The largest absolute Gasteiger partial charge is 0.357 e. The zero-order valence-electron chi connectivity index (χ0n) is 17.3. The van der Waals surface area contributed by atoms with Crippen LogP contribution in [0.1, 0.15) is 51.5 Å². The molecule has 3 N–H and O–H groups in total. The molecule has 0 saturated carbocycles. The predicted octanol–water partition coefficient (Wildman–Crippen LogP) is 2.60. The summed E-state index contributed by atoms with van der Waals surface area (Å²) in [6.45, 7) is 10.8. The molecule has 2 heterocycles. The fourth-order valence-electron chi connectivity index (χ4n) is 3.56. The summed E-state index contributed by atoms with van der Waals surface area (Å²) in [5.41, 5.74) is -0.237. The van der Waals surface area contributed by atoms with Crippen LogP contribution in [-0.4, -0.2) is 55.5 Å². The van der Waals surface area contributed by atoms with Crippen molar-refractivity contribution in [3.05, 3.63) is 22.4 Å². The van der Waals surface area contributed by atoms with E-state index in [2.05, 4.69) is 50.4 Å². The quantitative estimate of drug-likeness (QED) is 0.513. The van der Waals surface area contributed by atoms with Crippen molar-refractivity contribution in [3.63, 3.8) is 0 Å². The molecule has 6 nitrogen and oxygen atoms in total. The number of guanidine groups is 1. The minimum Gasteiger partial charge on any atom is -0.357 e. The molecule has 1 saturated heterocycles. The van der Waals surface area contributed by atoms with Gasteiger partial charge in [0.2, 0.25) is 5.91 Å². The zero-order valence-corrected chi connectivity index (χ0v) is 18.2. The van der Waals surface area contributed by atoms with E-state index in [1.165, 1.54) is 17.7 Å². The van der Waals surface area contributed by atoms with E-state index in [9.17, 15) is 4.79 Å². The van der Waals surface area contributed by atoms with Gasteiger partial charge in [-0.05, 0) is 71.5 Å². The van der Waals surface area contributed by atoms with Gasteiger partial charge in [-0.15, -0.1) is 11.3 Å². The molecule has 7 heteroatoms. The highest BCUT2D eigenvalue weighted by molar-refractivity contribution is 7.10. The van der Waals surface area contributed by atoms with E-state index >= 15 is 0 Å². The summed E-state index contributed by atoms with van der Waals surface area (Å²) in [7, 11) is 2.21. The number of amides is 1. The maximum Gasteiger partial charge on any atom is 0.242 e. The standard InChI is InChI=1S/C20H35N5OS/c1-6-21-19(23-14-17(26)24-20(2,3)4)22-13-15-9-7-11-25(5)18(15)16-10-8-12-27-16/h8,10,12,15,18H,6-7,9,11,13-14H2,1-5H3,(H,24,26)(H2,21,22,23). The molecule has 1 amide bonds. The van der Waals surface area contributed by atoms with E-state index in [1.54, 1.807) is 0 Å². The van der Waals surface area contributed by atoms with Crippen LogP contribution in [-0.2, 0) is 4.79 Å². The van der Waals surface area contributed by atoms with Crippen LogP contribution in [0.4, 0.5) is 0 Å². The normalized spacial score (nSPS) is 21.7. The molecule has 0 aromatic carbocycles. The molecule has 27 heavy (non-hydrogen) atoms. The van der Waals surface area contributed by atoms with Crippen LogP contribution in [0.2, 0.25) is 0 Å². The molecule has 1 aliphatic rings. The van der Waals surface area contributed by atoms with E-state index in [1.807, 2.05) is 39.0 Å². The van der Waals surface area contributed by atoms with Gasteiger partial charge >= 0.3 is 0 Å². The Morgan fingerprint density at radius 1 is 1.37 bits per heavy atom. The summed E-state index contributed by atoms with van der Waals surface area (Å²) in [6.07, 6.45) is 2.41. The highest BCUT2D eigenvalue weighted by atomic mass is 32.1. The third-order valence-electron chi connectivity index (χ3n) is 4.61. The smallest absolute Gasteiger partial charge is 0.242 e. The monoisotopic (exact) mass is 393 g/mol. The minimum absolute atomic E-state index is 0.0615. The Labute approximate surface area is 167 Å². The molecule has 1 aromatic rings. The number of aliphatic imine (C=N–C) groups is 1. The number of hydrogen-bond donors (Lipinski definition) is 3. The lowest BCUT2D eigenvalue weighted by atomic mass is 9.88. The van der Waals surface area contributed by atoms with Crippen LogP contribution in [0, 0.1) is 5.92 Å². The summed E-state index contributed by atoms with van der Waals surface area (Å²) < 4.78 is 0. The van der Waals surface area contributed by atoms with Crippen molar-refractivity contribution in [1.29, 1.82) is 0 Å². The number of nitrogens with one attached hydrogen (secondary N) is 3. The van der Waals surface area contributed by atoms with Gasteiger partial charge in [0.15, 0.2) is 5.96 Å². The molecule has 1 fully saturated rings. The molecule has 2 atom stereocenters. The summed E-state index contributed by atoms with van der Waals surface area (Å²) in [6, 6.07) is 4.81. The highest BCUT2D eigenvalue weighted by Gasteiger charge is 2.31. The predicted molar refractivity (Wildman–Crippen MR) is 114 cm³/mol. The first-order chi connectivity index (χ1) is 12.8. The van der Waals surface area contributed by atoms with Gasteiger partial charge in [-0.3, -0.25) is 9.69 Å². The van der Waals surface area contributed by atoms with Crippen molar-refractivity contribution in [3.8, 4) is 0 Å². The van der Waals surface area contributed by atoms with Crippen LogP contribution in [0.3, 0.4) is 0 Å². The summed E-state index contributed by atoms with van der Waals surface area (Å²) in [5, 5.41) is 11.8. The fraction of sp³-hybridized carbons (Fsp3) is 0.700. The molecule has 0 bridgehead atoms. The van der Waals surface area contributed by atoms with Crippen LogP contribution in [0.5, 0.6) is 0 Å². The van der Waals surface area contributed by atoms with E-state index in [0.29, 0.717) is 17.9 Å². The second-order valence-electron chi connectivity index (χ2n) is 8.22. The zero-order chi connectivity index (χ0) is 19.9. The number of hydrogen-bond acceptors (Lipinski definition) is 4. The Morgan fingerprint density at radius 2 is 2.15 bits per heavy atom. The van der Waals surface area contributed by atoms with Gasteiger partial charge in [-0.25, -0.2) is 4.99 Å². The van der Waals surface area contributed by atoms with Gasteiger partial charge in [0.1, 0.15) is 6.54 Å². The van der Waals surface area contributed by atoms with E-state index in [4.69, 9.17) is 0 Å². The van der Waals surface area contributed by atoms with Crippen molar-refractivity contribution >= 4 is 23.2 Å². The third kappa shape index (κ3) is 7.14. The molecule has 2 unspecified atom stereocenters. The van der Waals surface area contributed by atoms with Crippen LogP contribution >= 0.6 is 11.3 Å². The maximum absolute atomic E-state index is 12.0. The van der Waals surface area contributed by atoms with Crippen LogP contribution in [0.15, 0.2) is 22.5 Å². The molecule has 0 radical (unpaired) electrons. The highest BCUT2D eigenvalue weighted by Crippen LogP contribution is 2.36. The number of likely N-dealkylation sites (tertiary alicyclic amines) is 1. The number of piperidine rings is 1. The molecule has 152 valence electrons. The molecule has 1 aromatic heterocycles. The lowest BCUT2D eigenvalue weighted by molar-refractivity contribution is -0.121. The second-order valence-corrected chi connectivity index (χ2v) is 9.20. The molecular formula is C20H35N5OS. The van der Waals surface area contributed by atoms with E-state index < -0.39 is 0 Å². The first kappa shape index (κ1) is 21.7. The number of carbonyl (C=O) groups excluding carboxylic acids is 1. The lowest BCUT2D eigenvalue weighted by Crippen LogP contribution is -2.46. The maximum atomic E-state index is 12.0. The molecule has 2 rings (SSSR count). The molecule has 1 aliphatic heterocycles. The van der Waals surface area contributed by atoms with E-state index in [-0.39, 0.29) is 18.0 Å². The van der Waals surface area contributed by atoms with Gasteiger partial charge < -0.3 is 16.0 Å². The molecule has 0 aliphatic carbocycles. The topological polar surface area (TPSA) is 68.8 Å². The Hall–Kier alpha value is -1.60. The second kappa shape index (κ2) is 10.1. The number of rotatable bonds is 6. The van der Waals surface area contributed by atoms with Gasteiger partial charge in [-0.1, -0.05) is 6.07 Å². The number of nitrogens with zero attached hydrogens (tertiary/aromatic N) is 2. The van der Waals surface area contributed by atoms with E-state index in [0.717, 1.165) is 19.6 Å². The minimum atomic E-state index is -0.237. The van der Waals surface area contributed by atoms with Crippen molar-refractivity contribution in [1.82, 2.24) is 20.9 Å². The van der Waals surface area contributed by atoms with Crippen molar-refractivity contribution in [2.75, 3.05) is 33.2 Å². The summed E-state index contributed by atoms with van der Waals surface area (Å²) >= 11 is 1.83. The van der Waals surface area contributed by atoms with Gasteiger partial charge in [-0.2, -0.15) is 0 Å². The number of carbonyl (C=O) groups is 1. The summed E-state index contributed by atoms with van der Waals surface area (Å²) in [5.74, 6) is 1.17. The summed E-state index contributed by atoms with van der Waals surface area (Å²) in [4.78, 5) is 20.4. The number of thiophene rings is 1. The molecular weight excluding hydrogens is 358 g/mol. The van der Waals surface area contributed by atoms with Gasteiger partial charge in [0.05, 0.1) is 0 Å². The Balaban J connectivity index is 1.97. The molecule has 0 spiro atoms.